The molecule has 7 nitrogen and oxygen atoms in total. The summed E-state index contributed by atoms with van der Waals surface area (Å²) in [7, 11) is 0. The third-order valence-electron chi connectivity index (χ3n) is 4.06. The van der Waals surface area contributed by atoms with Crippen LogP contribution in [0.3, 0.4) is 0 Å². The highest BCUT2D eigenvalue weighted by molar-refractivity contribution is 5.78. The van der Waals surface area contributed by atoms with Gasteiger partial charge in [-0.25, -0.2) is 0 Å². The van der Waals surface area contributed by atoms with Crippen molar-refractivity contribution in [2.75, 3.05) is 18.0 Å². The van der Waals surface area contributed by atoms with E-state index in [1.807, 2.05) is 6.92 Å². The maximum Gasteiger partial charge on any atom is 0.394 e. The summed E-state index contributed by atoms with van der Waals surface area (Å²) >= 11 is 0. The number of alkyl halides is 3. The summed E-state index contributed by atoms with van der Waals surface area (Å²) in [6, 6.07) is 3.20. The van der Waals surface area contributed by atoms with Gasteiger partial charge in [0.15, 0.2) is 11.5 Å². The van der Waals surface area contributed by atoms with Crippen molar-refractivity contribution in [1.29, 1.82) is 0 Å². The van der Waals surface area contributed by atoms with E-state index >= 15 is 0 Å². The third-order valence-corrected chi connectivity index (χ3v) is 4.06. The van der Waals surface area contributed by atoms with Crippen LogP contribution in [-0.4, -0.2) is 45.0 Å². The fourth-order valence-corrected chi connectivity index (χ4v) is 2.82. The molecule has 2 aromatic rings. The number of aryl methyl sites for hydroxylation is 1. The lowest BCUT2D eigenvalue weighted by Gasteiger charge is -2.19. The Kier molecular flexibility index (Phi) is 3.61. The Morgan fingerprint density at radius 3 is 2.65 bits per heavy atom. The fraction of sp³-hybridized carbons (Fsp3) is 0.538. The van der Waals surface area contributed by atoms with Gasteiger partial charge in [0.2, 0.25) is 5.91 Å². The monoisotopic (exact) mass is 328 g/mol. The topological polar surface area (TPSA) is 89.4 Å². The van der Waals surface area contributed by atoms with E-state index in [0.29, 0.717) is 23.7 Å². The van der Waals surface area contributed by atoms with E-state index in [0.717, 1.165) is 0 Å². The Morgan fingerprint density at radius 1 is 1.35 bits per heavy atom. The zero-order valence-corrected chi connectivity index (χ0v) is 12.3. The Labute approximate surface area is 129 Å². The second kappa shape index (κ2) is 5.36. The zero-order valence-electron chi connectivity index (χ0n) is 12.3. The van der Waals surface area contributed by atoms with Crippen LogP contribution in [0.4, 0.5) is 19.0 Å². The molecule has 23 heavy (non-hydrogen) atoms. The number of aromatic nitrogens is 4. The van der Waals surface area contributed by atoms with Crippen LogP contribution in [0.5, 0.6) is 0 Å². The fourth-order valence-electron chi connectivity index (χ4n) is 2.82. The molecule has 1 fully saturated rings. The van der Waals surface area contributed by atoms with Crippen LogP contribution in [0.25, 0.3) is 5.65 Å². The van der Waals surface area contributed by atoms with E-state index in [2.05, 4.69) is 15.3 Å². The van der Waals surface area contributed by atoms with Crippen molar-refractivity contribution >= 4 is 17.4 Å². The predicted molar refractivity (Wildman–Crippen MR) is 74.6 cm³/mol. The molecule has 1 aliphatic rings. The number of carbonyl (C=O) groups excluding carboxylic acids is 1. The minimum atomic E-state index is -4.48. The Bertz CT molecular complexity index is 743. The molecule has 0 bridgehead atoms. The molecular weight excluding hydrogens is 313 g/mol. The molecule has 124 valence electrons. The van der Waals surface area contributed by atoms with Gasteiger partial charge in [-0.15, -0.1) is 15.3 Å². The smallest absolute Gasteiger partial charge is 0.369 e. The standard InChI is InChI=1S/C13H15F3N6O/c1-2-9-18-19-10-3-4-11(20-22(9)10)21-5-7(12(17)23)8(6-21)13(14,15)16/h3-4,7-8H,2,5-6H2,1H3,(H2,17,23)/t7-,8-/m1/s1. The highest BCUT2D eigenvalue weighted by Crippen LogP contribution is 2.38. The minimum Gasteiger partial charge on any atom is -0.369 e. The molecule has 10 heteroatoms. The lowest BCUT2D eigenvalue weighted by atomic mass is 9.95. The SMILES string of the molecule is CCc1nnc2ccc(N3C[C@@H](C(F)(F)F)[C@H](C(N)=O)C3)nn12. The predicted octanol–water partition coefficient (Wildman–Crippen LogP) is 0.787. The number of primary amides is 1. The van der Waals surface area contributed by atoms with Crippen molar-refractivity contribution in [2.24, 2.45) is 17.6 Å². The number of fused-ring (bicyclic) bond motifs is 1. The van der Waals surface area contributed by atoms with E-state index in [1.54, 1.807) is 12.1 Å². The van der Waals surface area contributed by atoms with E-state index in [4.69, 9.17) is 5.73 Å². The van der Waals surface area contributed by atoms with Gasteiger partial charge in [-0.2, -0.15) is 17.7 Å². The van der Waals surface area contributed by atoms with Gasteiger partial charge in [0.1, 0.15) is 5.82 Å². The lowest BCUT2D eigenvalue weighted by Crippen LogP contribution is -2.37. The summed E-state index contributed by atoms with van der Waals surface area (Å²) in [5.74, 6) is -3.07. The zero-order chi connectivity index (χ0) is 16.8. The van der Waals surface area contributed by atoms with Gasteiger partial charge < -0.3 is 10.6 Å². The molecule has 0 saturated carbocycles. The Balaban J connectivity index is 1.94. The number of rotatable bonds is 3. The average molecular weight is 328 g/mol. The largest absolute Gasteiger partial charge is 0.394 e. The van der Waals surface area contributed by atoms with Crippen LogP contribution < -0.4 is 10.6 Å². The van der Waals surface area contributed by atoms with Gasteiger partial charge in [0.25, 0.3) is 0 Å². The van der Waals surface area contributed by atoms with Gasteiger partial charge >= 0.3 is 6.18 Å². The number of halogens is 3. The normalized spacial score (nSPS) is 22.0. The first-order valence-corrected chi connectivity index (χ1v) is 7.13. The average Bonchev–Trinajstić information content (AvgIpc) is 3.10. The van der Waals surface area contributed by atoms with E-state index in [1.165, 1.54) is 9.42 Å². The van der Waals surface area contributed by atoms with Crippen molar-refractivity contribution in [3.05, 3.63) is 18.0 Å². The third kappa shape index (κ3) is 2.68. The maximum atomic E-state index is 13.1. The van der Waals surface area contributed by atoms with Crippen molar-refractivity contribution in [3.63, 3.8) is 0 Å². The summed E-state index contributed by atoms with van der Waals surface area (Å²) in [5, 5.41) is 12.2. The maximum absolute atomic E-state index is 13.1. The van der Waals surface area contributed by atoms with Crippen LogP contribution in [0, 0.1) is 11.8 Å². The lowest BCUT2D eigenvalue weighted by molar-refractivity contribution is -0.181. The van der Waals surface area contributed by atoms with E-state index in [9.17, 15) is 18.0 Å². The molecule has 0 spiro atoms. The number of carbonyl (C=O) groups is 1. The molecule has 1 amide bonds. The Hall–Kier alpha value is -2.39. The van der Waals surface area contributed by atoms with Crippen molar-refractivity contribution in [3.8, 4) is 0 Å². The number of amides is 1. The molecule has 2 atom stereocenters. The van der Waals surface area contributed by atoms with Crippen LogP contribution in [0.2, 0.25) is 0 Å². The van der Waals surface area contributed by atoms with E-state index < -0.39 is 23.9 Å². The second-order valence-electron chi connectivity index (χ2n) is 5.49. The first kappa shape index (κ1) is 15.5. The number of nitrogens with zero attached hydrogens (tertiary/aromatic N) is 5. The molecule has 1 aliphatic heterocycles. The molecule has 0 aromatic carbocycles. The highest BCUT2D eigenvalue weighted by Gasteiger charge is 2.52. The van der Waals surface area contributed by atoms with Crippen LogP contribution in [-0.2, 0) is 11.2 Å². The minimum absolute atomic E-state index is 0.110. The number of hydrogen-bond donors (Lipinski definition) is 1. The summed E-state index contributed by atoms with van der Waals surface area (Å²) < 4.78 is 40.8. The van der Waals surface area contributed by atoms with Crippen molar-refractivity contribution in [1.82, 2.24) is 19.8 Å². The number of nitrogens with two attached hydrogens (primary N) is 1. The quantitative estimate of drug-likeness (QED) is 0.900. The van der Waals surface area contributed by atoms with E-state index in [-0.39, 0.29) is 13.1 Å². The van der Waals surface area contributed by atoms with Gasteiger partial charge in [-0.05, 0) is 12.1 Å². The van der Waals surface area contributed by atoms with Gasteiger partial charge in [-0.1, -0.05) is 6.92 Å². The molecule has 0 unspecified atom stereocenters. The molecule has 2 aromatic heterocycles. The first-order valence-electron chi connectivity index (χ1n) is 7.13. The van der Waals surface area contributed by atoms with Crippen LogP contribution >= 0.6 is 0 Å². The number of hydrogen-bond acceptors (Lipinski definition) is 5. The molecule has 3 rings (SSSR count). The van der Waals surface area contributed by atoms with Crippen molar-refractivity contribution in [2.45, 2.75) is 19.5 Å². The van der Waals surface area contributed by atoms with Gasteiger partial charge in [0.05, 0.1) is 11.8 Å². The highest BCUT2D eigenvalue weighted by atomic mass is 19.4. The summed E-state index contributed by atoms with van der Waals surface area (Å²) in [5.41, 5.74) is 5.65. The molecular formula is C13H15F3N6O. The Morgan fingerprint density at radius 2 is 2.09 bits per heavy atom. The van der Waals surface area contributed by atoms with Crippen molar-refractivity contribution < 1.29 is 18.0 Å². The first-order chi connectivity index (χ1) is 10.8. The molecule has 0 radical (unpaired) electrons. The van der Waals surface area contributed by atoms with Crippen LogP contribution in [0.1, 0.15) is 12.7 Å². The molecule has 3 heterocycles. The summed E-state index contributed by atoms with van der Waals surface area (Å²) in [4.78, 5) is 12.8. The second-order valence-corrected chi connectivity index (χ2v) is 5.49. The van der Waals surface area contributed by atoms with Gasteiger partial charge in [-0.3, -0.25) is 4.79 Å². The number of anilines is 1. The summed E-state index contributed by atoms with van der Waals surface area (Å²) in [6.45, 7) is 1.42. The van der Waals surface area contributed by atoms with Gasteiger partial charge in [0, 0.05) is 19.5 Å². The summed E-state index contributed by atoms with van der Waals surface area (Å²) in [6.07, 6.45) is -3.89. The molecule has 1 saturated heterocycles. The van der Waals surface area contributed by atoms with Crippen LogP contribution in [0.15, 0.2) is 12.1 Å². The molecule has 2 N–H and O–H groups in total. The molecule has 0 aliphatic carbocycles.